The zero-order valence-electron chi connectivity index (χ0n) is 8.38. The number of hydrogen-bond acceptors (Lipinski definition) is 5. The number of rotatable bonds is 4. The second-order valence-corrected chi connectivity index (χ2v) is 4.70. The monoisotopic (exact) mass is 257 g/mol. The number of halogens is 1. The minimum atomic E-state index is -0.588. The van der Waals surface area contributed by atoms with E-state index in [1.165, 1.54) is 24.0 Å². The fraction of sp³-hybridized carbons (Fsp3) is 0.333. The highest BCUT2D eigenvalue weighted by Gasteiger charge is 2.22. The van der Waals surface area contributed by atoms with E-state index in [9.17, 15) is 10.1 Å². The zero-order valence-corrected chi connectivity index (χ0v) is 9.96. The Kier molecular flexibility index (Phi) is 4.52. The van der Waals surface area contributed by atoms with Crippen molar-refractivity contribution < 1.29 is 4.92 Å². The molecule has 0 amide bonds. The smallest absolute Gasteiger partial charge is 0.258 e. The molecule has 0 aliphatic rings. The van der Waals surface area contributed by atoms with Crippen LogP contribution in [0, 0.1) is 21.4 Å². The average molecular weight is 258 g/mol. The van der Waals surface area contributed by atoms with Gasteiger partial charge in [-0.3, -0.25) is 10.1 Å². The summed E-state index contributed by atoms with van der Waals surface area (Å²) in [7, 11) is 0. The summed E-state index contributed by atoms with van der Waals surface area (Å²) in [4.78, 5) is 14.2. The Balaban J connectivity index is 3.18. The molecule has 0 aliphatic heterocycles. The Morgan fingerprint density at radius 3 is 3.00 bits per heavy atom. The number of pyridine rings is 1. The van der Waals surface area contributed by atoms with Crippen LogP contribution in [0.15, 0.2) is 17.3 Å². The summed E-state index contributed by atoms with van der Waals surface area (Å²) >= 11 is 6.82. The fourth-order valence-electron chi connectivity index (χ4n) is 1.01. The number of thioether (sulfide) groups is 1. The predicted molar refractivity (Wildman–Crippen MR) is 61.6 cm³/mol. The molecule has 7 heteroatoms. The lowest BCUT2D eigenvalue weighted by molar-refractivity contribution is -0.388. The van der Waals surface area contributed by atoms with E-state index < -0.39 is 4.92 Å². The van der Waals surface area contributed by atoms with E-state index >= 15 is 0 Å². The summed E-state index contributed by atoms with van der Waals surface area (Å²) in [5, 5.41) is 19.8. The van der Waals surface area contributed by atoms with Gasteiger partial charge in [-0.2, -0.15) is 5.26 Å². The fourth-order valence-corrected chi connectivity index (χ4v) is 2.06. The third kappa shape index (κ3) is 2.84. The van der Waals surface area contributed by atoms with Gasteiger partial charge in [-0.15, -0.1) is 11.6 Å². The van der Waals surface area contributed by atoms with Crippen molar-refractivity contribution in [1.29, 1.82) is 5.26 Å². The molecule has 16 heavy (non-hydrogen) atoms. The molecule has 1 atom stereocenters. The molecule has 5 nitrogen and oxygen atoms in total. The highest BCUT2D eigenvalue weighted by molar-refractivity contribution is 8.00. The van der Waals surface area contributed by atoms with Gasteiger partial charge in [0, 0.05) is 17.3 Å². The van der Waals surface area contributed by atoms with Crippen molar-refractivity contribution in [3.05, 3.63) is 27.9 Å². The first-order chi connectivity index (χ1) is 7.60. The van der Waals surface area contributed by atoms with Gasteiger partial charge in [-0.05, 0) is 6.07 Å². The number of nitriles is 1. The molecule has 84 valence electrons. The standard InChI is InChI=1S/C9H8ClN3O2S/c1-6(4-10)16-9-8(13(14)15)7(5-11)2-3-12-9/h2-3,6H,4H2,1H3. The van der Waals surface area contributed by atoms with Crippen molar-refractivity contribution in [1.82, 2.24) is 4.98 Å². The summed E-state index contributed by atoms with van der Waals surface area (Å²) in [5.41, 5.74) is -0.226. The first kappa shape index (κ1) is 12.7. The van der Waals surface area contributed by atoms with Gasteiger partial charge in [0.2, 0.25) is 0 Å². The van der Waals surface area contributed by atoms with Crippen molar-refractivity contribution in [2.75, 3.05) is 5.88 Å². The molecular formula is C9H8ClN3O2S. The van der Waals surface area contributed by atoms with Gasteiger partial charge in [0.15, 0.2) is 5.03 Å². The topological polar surface area (TPSA) is 79.8 Å². The van der Waals surface area contributed by atoms with Crippen molar-refractivity contribution in [3.8, 4) is 6.07 Å². The molecule has 1 rings (SSSR count). The van der Waals surface area contributed by atoms with Crippen molar-refractivity contribution >= 4 is 29.1 Å². The second kappa shape index (κ2) is 5.68. The lowest BCUT2D eigenvalue weighted by Crippen LogP contribution is -2.02. The van der Waals surface area contributed by atoms with Gasteiger partial charge in [-0.25, -0.2) is 4.98 Å². The molecule has 1 heterocycles. The molecule has 0 aromatic carbocycles. The van der Waals surface area contributed by atoms with E-state index in [0.717, 1.165) is 0 Å². The second-order valence-electron chi connectivity index (χ2n) is 2.96. The zero-order chi connectivity index (χ0) is 12.1. The Morgan fingerprint density at radius 2 is 2.50 bits per heavy atom. The molecule has 0 fully saturated rings. The minimum absolute atomic E-state index is 0.00168. The third-order valence-corrected chi connectivity index (χ3v) is 3.46. The van der Waals surface area contributed by atoms with E-state index in [4.69, 9.17) is 16.9 Å². The van der Waals surface area contributed by atoms with Gasteiger partial charge >= 0.3 is 5.69 Å². The summed E-state index contributed by atoms with van der Waals surface area (Å²) in [5.74, 6) is 0.361. The van der Waals surface area contributed by atoms with Gasteiger partial charge in [0.25, 0.3) is 0 Å². The van der Waals surface area contributed by atoms with E-state index in [2.05, 4.69) is 4.98 Å². The van der Waals surface area contributed by atoms with Crippen LogP contribution in [0.2, 0.25) is 0 Å². The number of nitrogens with zero attached hydrogens (tertiary/aromatic N) is 3. The van der Waals surface area contributed by atoms with Gasteiger partial charge in [0.1, 0.15) is 11.6 Å². The molecule has 0 spiro atoms. The highest BCUT2D eigenvalue weighted by Crippen LogP contribution is 2.32. The van der Waals surface area contributed by atoms with Crippen LogP contribution < -0.4 is 0 Å². The van der Waals surface area contributed by atoms with E-state index in [1.54, 1.807) is 6.07 Å². The van der Waals surface area contributed by atoms with Gasteiger partial charge < -0.3 is 0 Å². The molecule has 1 aromatic heterocycles. The molecule has 0 saturated carbocycles. The molecule has 0 bridgehead atoms. The van der Waals surface area contributed by atoms with Crippen LogP contribution in [0.3, 0.4) is 0 Å². The Bertz CT molecular complexity index is 447. The average Bonchev–Trinajstić information content (AvgIpc) is 2.28. The molecule has 0 radical (unpaired) electrons. The maximum Gasteiger partial charge on any atom is 0.318 e. The van der Waals surface area contributed by atoms with Crippen molar-refractivity contribution in [2.45, 2.75) is 17.2 Å². The number of hydrogen-bond donors (Lipinski definition) is 0. The van der Waals surface area contributed by atoms with Crippen LogP contribution in [-0.2, 0) is 0 Å². The number of nitro groups is 1. The molecule has 0 N–H and O–H groups in total. The van der Waals surface area contributed by atoms with Gasteiger partial charge in [0.05, 0.1) is 4.92 Å². The molecule has 0 aliphatic carbocycles. The van der Waals surface area contributed by atoms with Crippen LogP contribution in [0.25, 0.3) is 0 Å². The van der Waals surface area contributed by atoms with Crippen LogP contribution in [0.5, 0.6) is 0 Å². The molecule has 1 unspecified atom stereocenters. The van der Waals surface area contributed by atoms with E-state index in [1.807, 2.05) is 6.92 Å². The number of aromatic nitrogens is 1. The molecule has 1 aromatic rings. The van der Waals surface area contributed by atoms with E-state index in [0.29, 0.717) is 5.88 Å². The summed E-state index contributed by atoms with van der Waals surface area (Å²) < 4.78 is 0. The molecular weight excluding hydrogens is 250 g/mol. The number of alkyl halides is 1. The molecule has 0 saturated heterocycles. The summed E-state index contributed by atoms with van der Waals surface area (Å²) in [6.07, 6.45) is 1.38. The largest absolute Gasteiger partial charge is 0.318 e. The third-order valence-electron chi connectivity index (χ3n) is 1.72. The maximum atomic E-state index is 10.8. The van der Waals surface area contributed by atoms with Crippen LogP contribution in [0.4, 0.5) is 5.69 Å². The predicted octanol–water partition coefficient (Wildman–Crippen LogP) is 2.58. The van der Waals surface area contributed by atoms with Crippen molar-refractivity contribution in [2.24, 2.45) is 0 Å². The Labute approximate surface area is 102 Å². The van der Waals surface area contributed by atoms with Crippen molar-refractivity contribution in [3.63, 3.8) is 0 Å². The van der Waals surface area contributed by atoms with Gasteiger partial charge in [-0.1, -0.05) is 18.7 Å². The normalized spacial score (nSPS) is 11.8. The lowest BCUT2D eigenvalue weighted by atomic mass is 10.2. The first-order valence-corrected chi connectivity index (χ1v) is 5.77. The van der Waals surface area contributed by atoms with Crippen LogP contribution in [-0.4, -0.2) is 21.0 Å². The van der Waals surface area contributed by atoms with Crippen LogP contribution >= 0.6 is 23.4 Å². The highest BCUT2D eigenvalue weighted by atomic mass is 35.5. The SMILES string of the molecule is CC(CCl)Sc1nccc(C#N)c1[N+](=O)[O-]. The first-order valence-electron chi connectivity index (χ1n) is 4.36. The summed E-state index contributed by atoms with van der Waals surface area (Å²) in [6, 6.07) is 3.11. The quantitative estimate of drug-likeness (QED) is 0.358. The lowest BCUT2D eigenvalue weighted by Gasteiger charge is -2.06. The maximum absolute atomic E-state index is 10.8. The summed E-state index contributed by atoms with van der Waals surface area (Å²) in [6.45, 7) is 1.84. The Morgan fingerprint density at radius 1 is 1.81 bits per heavy atom. The Hall–Kier alpha value is -1.32. The minimum Gasteiger partial charge on any atom is -0.258 e. The van der Waals surface area contributed by atoms with E-state index in [-0.39, 0.29) is 21.5 Å². The van der Waals surface area contributed by atoms with Crippen LogP contribution in [0.1, 0.15) is 12.5 Å².